The number of ether oxygens (including phenoxy) is 5. The van der Waals surface area contributed by atoms with E-state index in [1.54, 1.807) is 42.6 Å². The van der Waals surface area contributed by atoms with E-state index in [4.69, 9.17) is 23.7 Å². The molecule has 0 radical (unpaired) electrons. The lowest BCUT2D eigenvalue weighted by Crippen LogP contribution is -2.29. The third-order valence-electron chi connectivity index (χ3n) is 5.34. The molecule has 2 aromatic carbocycles. The van der Waals surface area contributed by atoms with Gasteiger partial charge in [-0.1, -0.05) is 24.3 Å². The normalized spacial score (nSPS) is 13.5. The van der Waals surface area contributed by atoms with E-state index in [0.717, 1.165) is 11.3 Å². The number of hydrogen-bond donors (Lipinski definition) is 0. The molecule has 1 aliphatic rings. The third-order valence-corrected chi connectivity index (χ3v) is 5.34. The highest BCUT2D eigenvalue weighted by Gasteiger charge is 2.37. The van der Waals surface area contributed by atoms with E-state index in [1.807, 2.05) is 24.3 Å². The van der Waals surface area contributed by atoms with Crippen molar-refractivity contribution in [3.05, 3.63) is 77.1 Å². The van der Waals surface area contributed by atoms with E-state index in [9.17, 15) is 9.59 Å². The first-order valence-corrected chi connectivity index (χ1v) is 10.2. The molecule has 0 amide bonds. The van der Waals surface area contributed by atoms with E-state index in [1.165, 1.54) is 28.4 Å². The minimum Gasteiger partial charge on any atom is -0.497 e. The molecule has 174 valence electrons. The number of rotatable bonds is 8. The second kappa shape index (κ2) is 10.6. The summed E-state index contributed by atoms with van der Waals surface area (Å²) in [6.45, 7) is 0.410. The second-order valence-electron chi connectivity index (χ2n) is 7.19. The zero-order valence-electron chi connectivity index (χ0n) is 19.3. The van der Waals surface area contributed by atoms with Gasteiger partial charge >= 0.3 is 11.9 Å². The van der Waals surface area contributed by atoms with Crippen LogP contribution in [0.25, 0.3) is 0 Å². The number of para-hydroxylation sites is 1. The van der Waals surface area contributed by atoms with Crippen LogP contribution in [0.5, 0.6) is 17.2 Å². The summed E-state index contributed by atoms with van der Waals surface area (Å²) in [7, 11) is 7.22. The minimum absolute atomic E-state index is 0.264. The van der Waals surface area contributed by atoms with Gasteiger partial charge in [-0.2, -0.15) is 0 Å². The van der Waals surface area contributed by atoms with Gasteiger partial charge in [0.15, 0.2) is 11.5 Å². The molecule has 0 atom stereocenters. The quantitative estimate of drug-likeness (QED) is 0.563. The Morgan fingerprint density at radius 3 is 1.88 bits per heavy atom. The first kappa shape index (κ1) is 23.7. The molecule has 0 N–H and O–H groups in total. The van der Waals surface area contributed by atoms with Crippen LogP contribution < -0.4 is 14.2 Å². The van der Waals surface area contributed by atoms with E-state index >= 15 is 0 Å². The lowest BCUT2D eigenvalue weighted by Gasteiger charge is -2.31. The van der Waals surface area contributed by atoms with Crippen molar-refractivity contribution in [2.75, 3.05) is 35.5 Å². The number of methoxy groups -OCH3 is 5. The average Bonchev–Trinajstić information content (AvgIpc) is 2.87. The number of carbonyl (C=O) groups excluding carboxylic acids is 2. The van der Waals surface area contributed by atoms with Gasteiger partial charge in [0.2, 0.25) is 0 Å². The van der Waals surface area contributed by atoms with Crippen molar-refractivity contribution in [2.45, 2.75) is 12.5 Å². The summed E-state index contributed by atoms with van der Waals surface area (Å²) in [4.78, 5) is 27.5. The Hall–Kier alpha value is -3.94. The van der Waals surface area contributed by atoms with Crippen LogP contribution in [-0.2, 0) is 25.6 Å². The topological polar surface area (TPSA) is 83.5 Å². The minimum atomic E-state index is -0.776. The summed E-state index contributed by atoms with van der Waals surface area (Å²) in [5.74, 6) is -0.290. The molecular weight excluding hydrogens is 426 g/mol. The summed E-state index contributed by atoms with van der Waals surface area (Å²) in [5.41, 5.74) is 2.06. The SMILES string of the molecule is COC(=O)C1=CN(Cc2ccc(OC)cc2)C=C(C(=O)OC)C1c1cccc(OC)c1OC. The summed E-state index contributed by atoms with van der Waals surface area (Å²) in [6, 6.07) is 12.8. The molecule has 0 spiro atoms. The van der Waals surface area contributed by atoms with Crippen LogP contribution >= 0.6 is 0 Å². The number of carbonyl (C=O) groups is 2. The summed E-state index contributed by atoms with van der Waals surface area (Å²) in [6.07, 6.45) is 3.35. The van der Waals surface area contributed by atoms with Crippen LogP contribution in [0.4, 0.5) is 0 Å². The van der Waals surface area contributed by atoms with Crippen LogP contribution in [-0.4, -0.2) is 52.4 Å². The van der Waals surface area contributed by atoms with Gasteiger partial charge in [-0.15, -0.1) is 0 Å². The van der Waals surface area contributed by atoms with Gasteiger partial charge in [0.1, 0.15) is 5.75 Å². The van der Waals surface area contributed by atoms with Gasteiger partial charge in [0.25, 0.3) is 0 Å². The Kier molecular flexibility index (Phi) is 7.61. The average molecular weight is 453 g/mol. The van der Waals surface area contributed by atoms with Gasteiger partial charge in [-0.3, -0.25) is 0 Å². The van der Waals surface area contributed by atoms with Crippen molar-refractivity contribution in [2.24, 2.45) is 0 Å². The summed E-state index contributed by atoms with van der Waals surface area (Å²) < 4.78 is 26.3. The number of hydrogen-bond acceptors (Lipinski definition) is 8. The summed E-state index contributed by atoms with van der Waals surface area (Å²) in [5, 5.41) is 0. The first-order valence-electron chi connectivity index (χ1n) is 10.2. The molecule has 0 saturated carbocycles. The Bertz CT molecular complexity index is 1040. The van der Waals surface area contributed by atoms with Crippen LogP contribution in [0.1, 0.15) is 17.0 Å². The molecule has 0 aromatic heterocycles. The Morgan fingerprint density at radius 2 is 1.39 bits per heavy atom. The molecule has 0 fully saturated rings. The monoisotopic (exact) mass is 453 g/mol. The van der Waals surface area contributed by atoms with Crippen molar-refractivity contribution in [1.29, 1.82) is 0 Å². The second-order valence-corrected chi connectivity index (χ2v) is 7.19. The number of benzene rings is 2. The lowest BCUT2D eigenvalue weighted by molar-refractivity contribution is -0.137. The van der Waals surface area contributed by atoms with Gasteiger partial charge < -0.3 is 28.6 Å². The molecule has 2 aromatic rings. The fourth-order valence-corrected chi connectivity index (χ4v) is 3.80. The maximum atomic E-state index is 12.9. The molecule has 1 aliphatic heterocycles. The molecule has 1 heterocycles. The van der Waals surface area contributed by atoms with Crippen molar-refractivity contribution in [1.82, 2.24) is 4.90 Å². The van der Waals surface area contributed by atoms with Crippen molar-refractivity contribution >= 4 is 11.9 Å². The highest BCUT2D eigenvalue weighted by atomic mass is 16.5. The van der Waals surface area contributed by atoms with Gasteiger partial charge in [-0.25, -0.2) is 9.59 Å². The molecule has 0 aliphatic carbocycles. The van der Waals surface area contributed by atoms with Gasteiger partial charge in [0.05, 0.1) is 52.6 Å². The van der Waals surface area contributed by atoms with Crippen LogP contribution in [0.15, 0.2) is 66.0 Å². The van der Waals surface area contributed by atoms with Crippen LogP contribution in [0, 0.1) is 0 Å². The van der Waals surface area contributed by atoms with Crippen molar-refractivity contribution < 1.29 is 33.3 Å². The number of esters is 2. The van der Waals surface area contributed by atoms with Gasteiger partial charge in [0, 0.05) is 24.5 Å². The highest BCUT2D eigenvalue weighted by Crippen LogP contribution is 2.44. The molecular formula is C25H27NO7. The fraction of sp³-hybridized carbons (Fsp3) is 0.280. The predicted molar refractivity (Wildman–Crippen MR) is 121 cm³/mol. The lowest BCUT2D eigenvalue weighted by atomic mass is 9.82. The zero-order chi connectivity index (χ0) is 24.0. The maximum Gasteiger partial charge on any atom is 0.336 e. The Labute approximate surface area is 192 Å². The fourth-order valence-electron chi connectivity index (χ4n) is 3.80. The van der Waals surface area contributed by atoms with E-state index in [0.29, 0.717) is 23.6 Å². The number of nitrogens with zero attached hydrogens (tertiary/aromatic N) is 1. The molecule has 0 unspecified atom stereocenters. The zero-order valence-corrected chi connectivity index (χ0v) is 19.3. The van der Waals surface area contributed by atoms with Crippen LogP contribution in [0.3, 0.4) is 0 Å². The van der Waals surface area contributed by atoms with E-state index in [2.05, 4.69) is 0 Å². The molecule has 8 nitrogen and oxygen atoms in total. The smallest absolute Gasteiger partial charge is 0.336 e. The third kappa shape index (κ3) is 4.95. The predicted octanol–water partition coefficient (Wildman–Crippen LogP) is 3.43. The largest absolute Gasteiger partial charge is 0.497 e. The van der Waals surface area contributed by atoms with E-state index < -0.39 is 17.9 Å². The molecule has 3 rings (SSSR count). The van der Waals surface area contributed by atoms with Crippen molar-refractivity contribution in [3.8, 4) is 17.2 Å². The Morgan fingerprint density at radius 1 is 0.788 bits per heavy atom. The van der Waals surface area contributed by atoms with Crippen molar-refractivity contribution in [3.63, 3.8) is 0 Å². The summed E-state index contributed by atoms with van der Waals surface area (Å²) >= 11 is 0. The molecule has 8 heteroatoms. The Balaban J connectivity index is 2.12. The first-order chi connectivity index (χ1) is 16.0. The molecule has 0 saturated heterocycles. The maximum absolute atomic E-state index is 12.9. The van der Waals surface area contributed by atoms with Gasteiger partial charge in [-0.05, 0) is 23.8 Å². The molecule has 33 heavy (non-hydrogen) atoms. The standard InChI is InChI=1S/C25H27NO7/c1-29-17-11-9-16(10-12-17)13-26-14-19(24(27)32-4)22(20(15-26)25(28)33-5)18-7-6-8-21(30-2)23(18)31-3/h6-12,14-15,22H,13H2,1-5H3. The molecule has 0 bridgehead atoms. The van der Waals surface area contributed by atoms with E-state index in [-0.39, 0.29) is 11.1 Å². The highest BCUT2D eigenvalue weighted by molar-refractivity contribution is 5.99. The van der Waals surface area contributed by atoms with Crippen LogP contribution in [0.2, 0.25) is 0 Å².